The van der Waals surface area contributed by atoms with Gasteiger partial charge in [-0.3, -0.25) is 19.5 Å². The molecule has 7 rings (SSSR count). The number of amidine groups is 1. The number of Topliss-reactive ketones (excluding diaryl/α,β-unsaturated/α-hetero) is 1. The molecule has 218 valence electrons. The van der Waals surface area contributed by atoms with Gasteiger partial charge in [0.1, 0.15) is 5.84 Å². The van der Waals surface area contributed by atoms with Crippen LogP contribution in [0.3, 0.4) is 0 Å². The number of hydrogen-bond acceptors (Lipinski definition) is 6. The minimum absolute atomic E-state index is 0.0234. The van der Waals surface area contributed by atoms with Crippen LogP contribution in [-0.4, -0.2) is 53.6 Å². The third kappa shape index (κ3) is 4.67. The summed E-state index contributed by atoms with van der Waals surface area (Å²) in [7, 11) is 3.85. The summed E-state index contributed by atoms with van der Waals surface area (Å²) in [5.74, 6) is 2.50. The lowest BCUT2D eigenvalue weighted by Crippen LogP contribution is -2.57. The van der Waals surface area contributed by atoms with E-state index in [4.69, 9.17) is 4.99 Å². The second kappa shape index (κ2) is 10.3. The van der Waals surface area contributed by atoms with Gasteiger partial charge in [-0.05, 0) is 54.1 Å². The summed E-state index contributed by atoms with van der Waals surface area (Å²) in [5.41, 5.74) is 2.05. The van der Waals surface area contributed by atoms with Crippen molar-refractivity contribution in [1.82, 2.24) is 24.0 Å². The molecule has 0 saturated heterocycles. The molecule has 4 aliphatic rings. The predicted molar refractivity (Wildman–Crippen MR) is 158 cm³/mol. The van der Waals surface area contributed by atoms with Crippen LogP contribution in [0.25, 0.3) is 0 Å². The Hall–Kier alpha value is -4.06. The summed E-state index contributed by atoms with van der Waals surface area (Å²) in [6, 6.07) is 8.77. The lowest BCUT2D eigenvalue weighted by atomic mass is 9.43. The number of carbonyl (C=O) groups is 2. The molecule has 2 bridgehead atoms. The van der Waals surface area contributed by atoms with Crippen molar-refractivity contribution >= 4 is 17.5 Å². The topological polar surface area (TPSA) is 109 Å². The smallest absolute Gasteiger partial charge is 0.256 e. The van der Waals surface area contributed by atoms with Crippen LogP contribution in [0.4, 0.5) is 0 Å². The monoisotopic (exact) mass is 565 g/mol. The number of nitriles is 1. The number of imidazole rings is 2. The maximum atomic E-state index is 14.7. The van der Waals surface area contributed by atoms with Crippen LogP contribution in [-0.2, 0) is 31.7 Å². The first-order valence-corrected chi connectivity index (χ1v) is 14.9. The highest BCUT2D eigenvalue weighted by molar-refractivity contribution is 6.17. The number of amides is 1. The zero-order valence-electron chi connectivity index (χ0n) is 25.1. The van der Waals surface area contributed by atoms with Gasteiger partial charge >= 0.3 is 0 Å². The molecule has 9 heteroatoms. The van der Waals surface area contributed by atoms with Crippen molar-refractivity contribution in [3.8, 4) is 6.07 Å². The van der Waals surface area contributed by atoms with Gasteiger partial charge in [-0.15, -0.1) is 0 Å². The Kier molecular flexibility index (Phi) is 6.91. The maximum Gasteiger partial charge on any atom is 0.256 e. The molecule has 3 fully saturated rings. The molecule has 3 saturated carbocycles. The third-order valence-corrected chi connectivity index (χ3v) is 10.7. The third-order valence-electron chi connectivity index (χ3n) is 10.7. The highest BCUT2D eigenvalue weighted by Gasteiger charge is 2.57. The number of rotatable bonds is 9. The van der Waals surface area contributed by atoms with E-state index in [1.165, 1.54) is 6.42 Å². The first-order chi connectivity index (χ1) is 20.0. The first kappa shape index (κ1) is 28.1. The summed E-state index contributed by atoms with van der Waals surface area (Å²) in [4.78, 5) is 43.9. The Bertz CT molecular complexity index is 1550. The fraction of sp³-hybridized carbons (Fsp3) is 0.515. The molecule has 1 aliphatic heterocycles. The average Bonchev–Trinajstić information content (AvgIpc) is 3.63. The van der Waals surface area contributed by atoms with Crippen molar-refractivity contribution in [2.24, 2.45) is 48.2 Å². The van der Waals surface area contributed by atoms with Crippen LogP contribution in [0.2, 0.25) is 0 Å². The van der Waals surface area contributed by atoms with E-state index in [2.05, 4.69) is 36.8 Å². The highest BCUT2D eigenvalue weighted by atomic mass is 16.2. The van der Waals surface area contributed by atoms with Gasteiger partial charge in [0.25, 0.3) is 5.91 Å². The lowest BCUT2D eigenvalue weighted by Gasteiger charge is -2.62. The van der Waals surface area contributed by atoms with Gasteiger partial charge in [-0.25, -0.2) is 9.97 Å². The molecule has 0 N–H and O–H groups in total. The number of aliphatic imine (C=N–C) groups is 1. The molecule has 4 atom stereocenters. The maximum absolute atomic E-state index is 14.7. The van der Waals surface area contributed by atoms with E-state index in [9.17, 15) is 14.9 Å². The zero-order chi connectivity index (χ0) is 29.8. The molecule has 3 aliphatic carbocycles. The molecular weight excluding hydrogens is 526 g/mol. The number of ketones is 1. The molecule has 42 heavy (non-hydrogen) atoms. The number of aromatic nitrogens is 4. The van der Waals surface area contributed by atoms with Gasteiger partial charge in [0.15, 0.2) is 11.3 Å². The summed E-state index contributed by atoms with van der Waals surface area (Å²) >= 11 is 0. The Morgan fingerprint density at radius 1 is 1.02 bits per heavy atom. The summed E-state index contributed by atoms with van der Waals surface area (Å²) in [6.07, 6.45) is 10.2. The van der Waals surface area contributed by atoms with Gasteiger partial charge in [-0.2, -0.15) is 5.26 Å². The van der Waals surface area contributed by atoms with E-state index < -0.39 is 5.54 Å². The lowest BCUT2D eigenvalue weighted by molar-refractivity contribution is -0.141. The number of nitrogens with zero attached hydrogens (tertiary/aromatic N) is 7. The quantitative estimate of drug-likeness (QED) is 0.358. The molecule has 1 amide bonds. The van der Waals surface area contributed by atoms with Crippen molar-refractivity contribution in [3.05, 3.63) is 71.8 Å². The highest BCUT2D eigenvalue weighted by Crippen LogP contribution is 2.63. The first-order valence-electron chi connectivity index (χ1n) is 14.9. The van der Waals surface area contributed by atoms with E-state index >= 15 is 0 Å². The van der Waals surface area contributed by atoms with E-state index in [1.807, 2.05) is 28.1 Å². The molecule has 3 aromatic rings. The molecule has 2 aromatic heterocycles. The molecule has 1 aromatic carbocycles. The zero-order valence-corrected chi connectivity index (χ0v) is 25.1. The number of aryl methyl sites for hydroxylation is 2. The fourth-order valence-corrected chi connectivity index (χ4v) is 7.76. The van der Waals surface area contributed by atoms with Gasteiger partial charge in [0.2, 0.25) is 0 Å². The second-order valence-electron chi connectivity index (χ2n) is 13.3. The number of fused-ring (bicyclic) bond motifs is 2. The number of carbonyl (C=O) groups excluding carboxylic acids is 2. The molecule has 0 radical (unpaired) electrons. The summed E-state index contributed by atoms with van der Waals surface area (Å²) in [6.45, 7) is 7.68. The largest absolute Gasteiger partial charge is 0.338 e. The molecule has 3 heterocycles. The van der Waals surface area contributed by atoms with Crippen molar-refractivity contribution in [2.45, 2.75) is 58.4 Å². The standard InChI is InChI=1S/C33H39N7O2/c1-21-24(10-25-11-28(21)32(25,2)3)18-40-30(12-29(41)23-8-6-22(15-34)7-9-23)37-33(31(40)42,13-26-16-35-19-38(26)4)14-27-17-36-20-39(27)5/h6-9,16-17,19-21,24-25,28H,10-14,18H2,1-5H3. The average molecular weight is 566 g/mol. The SMILES string of the molecule is CC1C(CN2C(=O)C(Cc3cncn3C)(Cc3cncn3C)N=C2CC(=O)c2ccc(C#N)cc2)CC2CC1C2(C)C. The predicted octanol–water partition coefficient (Wildman–Crippen LogP) is 4.38. The van der Waals surface area contributed by atoms with E-state index in [0.29, 0.717) is 65.4 Å². The number of benzene rings is 1. The normalized spacial score (nSPS) is 25.6. The van der Waals surface area contributed by atoms with Crippen LogP contribution in [0.1, 0.15) is 67.3 Å². The van der Waals surface area contributed by atoms with Crippen molar-refractivity contribution in [3.63, 3.8) is 0 Å². The van der Waals surface area contributed by atoms with Gasteiger partial charge in [0.05, 0.1) is 30.7 Å². The van der Waals surface area contributed by atoms with Crippen LogP contribution < -0.4 is 0 Å². The summed E-state index contributed by atoms with van der Waals surface area (Å²) < 4.78 is 3.85. The fourth-order valence-electron chi connectivity index (χ4n) is 7.76. The minimum atomic E-state index is -1.11. The molecule has 0 spiro atoms. The van der Waals surface area contributed by atoms with Gasteiger partial charge in [-0.1, -0.05) is 32.9 Å². The van der Waals surface area contributed by atoms with Crippen LogP contribution >= 0.6 is 0 Å². The van der Waals surface area contributed by atoms with Crippen LogP contribution in [0.15, 0.2) is 54.3 Å². The molecule has 9 nitrogen and oxygen atoms in total. The van der Waals surface area contributed by atoms with Crippen molar-refractivity contribution in [2.75, 3.05) is 6.54 Å². The Morgan fingerprint density at radius 3 is 2.14 bits per heavy atom. The van der Waals surface area contributed by atoms with Crippen molar-refractivity contribution in [1.29, 1.82) is 5.26 Å². The van der Waals surface area contributed by atoms with Gasteiger partial charge in [0, 0.05) is 62.8 Å². The van der Waals surface area contributed by atoms with E-state index in [0.717, 1.165) is 17.8 Å². The van der Waals surface area contributed by atoms with Gasteiger partial charge < -0.3 is 9.13 Å². The van der Waals surface area contributed by atoms with Crippen LogP contribution in [0.5, 0.6) is 0 Å². The Labute approximate surface area is 247 Å². The van der Waals surface area contributed by atoms with Crippen molar-refractivity contribution < 1.29 is 9.59 Å². The van der Waals surface area contributed by atoms with E-state index in [-0.39, 0.29) is 18.1 Å². The second-order valence-corrected chi connectivity index (χ2v) is 13.3. The number of hydrogen-bond donors (Lipinski definition) is 0. The molecular formula is C33H39N7O2. The summed E-state index contributed by atoms with van der Waals surface area (Å²) in [5, 5.41) is 9.19. The minimum Gasteiger partial charge on any atom is -0.338 e. The molecule has 4 unspecified atom stereocenters. The Morgan fingerprint density at radius 2 is 1.64 bits per heavy atom. The Balaban J connectivity index is 1.37. The van der Waals surface area contributed by atoms with E-state index in [1.54, 1.807) is 49.3 Å². The van der Waals surface area contributed by atoms with Crippen LogP contribution in [0, 0.1) is 40.4 Å².